The molecule has 0 unspecified atom stereocenters. The number of alkyl halides is 3. The van der Waals surface area contributed by atoms with Crippen molar-refractivity contribution in [3.05, 3.63) is 53.6 Å². The maximum atomic E-state index is 12.3. The Balaban J connectivity index is 1.89. The van der Waals surface area contributed by atoms with E-state index in [0.29, 0.717) is 27.4 Å². The van der Waals surface area contributed by atoms with Crippen LogP contribution in [0.25, 0.3) is 17.1 Å². The molecular formula is C19H16ClF3N4O2S. The van der Waals surface area contributed by atoms with Crippen molar-refractivity contribution in [2.75, 3.05) is 19.4 Å². The zero-order chi connectivity index (χ0) is 21.7. The van der Waals surface area contributed by atoms with E-state index in [1.54, 1.807) is 60.2 Å². The summed E-state index contributed by atoms with van der Waals surface area (Å²) >= 11 is 6.94. The van der Waals surface area contributed by atoms with Gasteiger partial charge in [-0.3, -0.25) is 9.36 Å². The number of carbonyl (C=O) groups is 1. The van der Waals surface area contributed by atoms with E-state index in [4.69, 9.17) is 16.3 Å². The van der Waals surface area contributed by atoms with Crippen molar-refractivity contribution < 1.29 is 22.7 Å². The zero-order valence-electron chi connectivity index (χ0n) is 15.6. The minimum absolute atomic E-state index is 0.245. The van der Waals surface area contributed by atoms with Gasteiger partial charge < -0.3 is 10.1 Å². The van der Waals surface area contributed by atoms with Gasteiger partial charge in [-0.25, -0.2) is 0 Å². The Kier molecular flexibility index (Phi) is 6.88. The monoisotopic (exact) mass is 456 g/mol. The summed E-state index contributed by atoms with van der Waals surface area (Å²) in [6, 6.07) is 14.1. The number of benzene rings is 2. The lowest BCUT2D eigenvalue weighted by molar-refractivity contribution is -0.136. The number of aromatic nitrogens is 3. The van der Waals surface area contributed by atoms with Crippen molar-refractivity contribution in [3.63, 3.8) is 0 Å². The van der Waals surface area contributed by atoms with Crippen LogP contribution in [0.4, 0.5) is 13.2 Å². The Labute approximate surface area is 179 Å². The second-order valence-corrected chi connectivity index (χ2v) is 7.41. The van der Waals surface area contributed by atoms with Crippen molar-refractivity contribution >= 4 is 29.3 Å². The first-order valence-electron chi connectivity index (χ1n) is 8.59. The Morgan fingerprint density at radius 2 is 1.80 bits per heavy atom. The van der Waals surface area contributed by atoms with Crippen molar-refractivity contribution in [1.82, 2.24) is 20.1 Å². The minimum Gasteiger partial charge on any atom is -0.497 e. The molecule has 0 spiro atoms. The third-order valence-electron chi connectivity index (χ3n) is 3.88. The van der Waals surface area contributed by atoms with Gasteiger partial charge in [0.1, 0.15) is 12.3 Å². The van der Waals surface area contributed by atoms with E-state index in [1.165, 1.54) is 0 Å². The molecule has 0 atom stereocenters. The lowest BCUT2D eigenvalue weighted by Crippen LogP contribution is -2.34. The van der Waals surface area contributed by atoms with E-state index in [-0.39, 0.29) is 5.75 Å². The highest BCUT2D eigenvalue weighted by Gasteiger charge is 2.27. The van der Waals surface area contributed by atoms with Crippen LogP contribution < -0.4 is 10.1 Å². The predicted molar refractivity (Wildman–Crippen MR) is 108 cm³/mol. The van der Waals surface area contributed by atoms with Gasteiger partial charge in [-0.05, 0) is 48.5 Å². The van der Waals surface area contributed by atoms with Gasteiger partial charge in [0, 0.05) is 16.3 Å². The van der Waals surface area contributed by atoms with Crippen LogP contribution in [-0.2, 0) is 4.79 Å². The molecule has 0 aliphatic carbocycles. The average molecular weight is 457 g/mol. The number of halogens is 4. The summed E-state index contributed by atoms with van der Waals surface area (Å²) in [4.78, 5) is 11.8. The molecule has 0 fully saturated rings. The molecule has 1 N–H and O–H groups in total. The fourth-order valence-corrected chi connectivity index (χ4v) is 3.40. The molecule has 1 aromatic heterocycles. The van der Waals surface area contributed by atoms with Crippen LogP contribution in [0.3, 0.4) is 0 Å². The fourth-order valence-electron chi connectivity index (χ4n) is 2.49. The number of hydrogen-bond donors (Lipinski definition) is 1. The molecular weight excluding hydrogens is 441 g/mol. The molecule has 6 nitrogen and oxygen atoms in total. The number of methoxy groups -OCH3 is 1. The standard InChI is InChI=1S/C19H16ClF3N4O2S/c1-29-15-8-6-14(7-9-15)27-17(12-2-4-13(20)5-3-12)25-26-18(27)30-10-16(28)24-11-19(21,22)23/h2-9H,10-11H2,1H3,(H,24,28). The molecule has 3 rings (SSSR count). The lowest BCUT2D eigenvalue weighted by Gasteiger charge is -2.12. The van der Waals surface area contributed by atoms with E-state index in [2.05, 4.69) is 10.2 Å². The summed E-state index contributed by atoms with van der Waals surface area (Å²) < 4.78 is 43.7. The van der Waals surface area contributed by atoms with E-state index < -0.39 is 18.6 Å². The van der Waals surface area contributed by atoms with Gasteiger partial charge in [-0.2, -0.15) is 13.2 Å². The number of carbonyl (C=O) groups excluding carboxylic acids is 1. The molecule has 2 aromatic carbocycles. The van der Waals surface area contributed by atoms with Gasteiger partial charge in [0.05, 0.1) is 12.9 Å². The van der Waals surface area contributed by atoms with Crippen LogP contribution >= 0.6 is 23.4 Å². The maximum Gasteiger partial charge on any atom is 0.405 e. The van der Waals surface area contributed by atoms with Crippen molar-refractivity contribution in [2.45, 2.75) is 11.3 Å². The highest BCUT2D eigenvalue weighted by molar-refractivity contribution is 7.99. The highest BCUT2D eigenvalue weighted by atomic mass is 35.5. The maximum absolute atomic E-state index is 12.3. The number of rotatable bonds is 7. The topological polar surface area (TPSA) is 69.0 Å². The molecule has 0 aliphatic rings. The van der Waals surface area contributed by atoms with Gasteiger partial charge in [-0.15, -0.1) is 10.2 Å². The number of nitrogens with one attached hydrogen (secondary N) is 1. The molecule has 0 saturated heterocycles. The Morgan fingerprint density at radius 1 is 1.13 bits per heavy atom. The van der Waals surface area contributed by atoms with Crippen molar-refractivity contribution in [3.8, 4) is 22.8 Å². The molecule has 30 heavy (non-hydrogen) atoms. The Morgan fingerprint density at radius 3 is 2.40 bits per heavy atom. The van der Waals surface area contributed by atoms with E-state index >= 15 is 0 Å². The van der Waals surface area contributed by atoms with Crippen molar-refractivity contribution in [1.29, 1.82) is 0 Å². The predicted octanol–water partition coefficient (Wildman–Crippen LogP) is 4.37. The largest absolute Gasteiger partial charge is 0.497 e. The third-order valence-corrected chi connectivity index (χ3v) is 5.07. The molecule has 0 aliphatic heterocycles. The number of thioether (sulfide) groups is 1. The number of nitrogens with zero attached hydrogens (tertiary/aromatic N) is 3. The highest BCUT2D eigenvalue weighted by Crippen LogP contribution is 2.29. The number of ether oxygens (including phenoxy) is 1. The normalized spacial score (nSPS) is 11.4. The first kappa shape index (κ1) is 22.0. The van der Waals surface area contributed by atoms with Crippen molar-refractivity contribution in [2.24, 2.45) is 0 Å². The second-order valence-electron chi connectivity index (χ2n) is 6.03. The van der Waals surface area contributed by atoms with Crippen LogP contribution in [0, 0.1) is 0 Å². The summed E-state index contributed by atoms with van der Waals surface area (Å²) in [7, 11) is 1.55. The van der Waals surface area contributed by atoms with E-state index in [1.807, 2.05) is 5.32 Å². The quantitative estimate of drug-likeness (QED) is 0.535. The molecule has 1 heterocycles. The van der Waals surface area contributed by atoms with Crippen LogP contribution in [0.15, 0.2) is 53.7 Å². The summed E-state index contributed by atoms with van der Waals surface area (Å²) in [6.45, 7) is -1.38. The fraction of sp³-hybridized carbons (Fsp3) is 0.211. The molecule has 1 amide bonds. The van der Waals surface area contributed by atoms with Crippen LogP contribution in [0.1, 0.15) is 0 Å². The molecule has 0 bridgehead atoms. The first-order valence-corrected chi connectivity index (χ1v) is 9.95. The van der Waals surface area contributed by atoms with E-state index in [9.17, 15) is 18.0 Å². The molecule has 0 radical (unpaired) electrons. The van der Waals surface area contributed by atoms with Gasteiger partial charge in [0.25, 0.3) is 0 Å². The molecule has 0 saturated carbocycles. The van der Waals surface area contributed by atoms with E-state index in [0.717, 1.165) is 17.3 Å². The first-order chi connectivity index (χ1) is 14.3. The summed E-state index contributed by atoms with van der Waals surface area (Å²) in [5.41, 5.74) is 1.43. The Hall–Kier alpha value is -2.72. The molecule has 11 heteroatoms. The zero-order valence-corrected chi connectivity index (χ0v) is 17.2. The molecule has 3 aromatic rings. The summed E-state index contributed by atoms with van der Waals surface area (Å²) in [6.07, 6.45) is -4.47. The van der Waals surface area contributed by atoms with Gasteiger partial charge in [0.2, 0.25) is 5.91 Å². The second kappa shape index (κ2) is 9.40. The SMILES string of the molecule is COc1ccc(-n2c(SCC(=O)NCC(F)(F)F)nnc2-c2ccc(Cl)cc2)cc1. The van der Waals surface area contributed by atoms with Crippen LogP contribution in [-0.4, -0.2) is 46.3 Å². The number of hydrogen-bond acceptors (Lipinski definition) is 5. The lowest BCUT2D eigenvalue weighted by atomic mass is 10.2. The average Bonchev–Trinajstić information content (AvgIpc) is 3.14. The smallest absolute Gasteiger partial charge is 0.405 e. The van der Waals surface area contributed by atoms with Gasteiger partial charge >= 0.3 is 6.18 Å². The number of amides is 1. The minimum atomic E-state index is -4.47. The van der Waals surface area contributed by atoms with Gasteiger partial charge in [-0.1, -0.05) is 23.4 Å². The molecule has 158 valence electrons. The Bertz CT molecular complexity index is 1010. The van der Waals surface area contributed by atoms with Gasteiger partial charge in [0.15, 0.2) is 11.0 Å². The summed E-state index contributed by atoms with van der Waals surface area (Å²) in [5, 5.41) is 11.1. The van der Waals surface area contributed by atoms with Crippen LogP contribution in [0.2, 0.25) is 5.02 Å². The summed E-state index contributed by atoms with van der Waals surface area (Å²) in [5.74, 6) is 0.149. The van der Waals surface area contributed by atoms with Crippen LogP contribution in [0.5, 0.6) is 5.75 Å². The third kappa shape index (κ3) is 5.67.